The minimum Gasteiger partial charge on any atom is -0.364 e. The lowest BCUT2D eigenvalue weighted by molar-refractivity contribution is -0.126. The fourth-order valence-electron chi connectivity index (χ4n) is 2.43. The molecule has 0 bridgehead atoms. The minimum atomic E-state index is -0.363. The molecule has 2 rings (SSSR count). The fourth-order valence-corrected chi connectivity index (χ4v) is 2.43. The van der Waals surface area contributed by atoms with Crippen molar-refractivity contribution in [3.05, 3.63) is 29.8 Å². The van der Waals surface area contributed by atoms with Crippen LogP contribution in [-0.4, -0.2) is 24.7 Å². The van der Waals surface area contributed by atoms with E-state index >= 15 is 0 Å². The van der Waals surface area contributed by atoms with Gasteiger partial charge in [0.1, 0.15) is 6.10 Å². The van der Waals surface area contributed by atoms with Crippen LogP contribution < -0.4 is 11.1 Å². The number of carbonyl (C=O) groups is 1. The number of amides is 1. The number of anilines is 1. The normalized spacial score (nSPS) is 23.6. The van der Waals surface area contributed by atoms with Gasteiger partial charge < -0.3 is 15.8 Å². The average molecular weight is 276 g/mol. The first-order valence-corrected chi connectivity index (χ1v) is 7.40. The van der Waals surface area contributed by atoms with Crippen LogP contribution in [0.25, 0.3) is 0 Å². The van der Waals surface area contributed by atoms with E-state index in [4.69, 9.17) is 10.5 Å². The summed E-state index contributed by atoms with van der Waals surface area (Å²) in [6, 6.07) is 8.05. The monoisotopic (exact) mass is 276 g/mol. The van der Waals surface area contributed by atoms with Crippen molar-refractivity contribution in [2.45, 2.75) is 51.2 Å². The lowest BCUT2D eigenvalue weighted by Crippen LogP contribution is -2.29. The predicted octanol–water partition coefficient (Wildman–Crippen LogP) is 2.64. The first-order chi connectivity index (χ1) is 9.63. The maximum atomic E-state index is 12.1. The minimum absolute atomic E-state index is 0.0264. The standard InChI is InChI=1S/C16H24N2O2/c1-3-11(2)12-4-6-13(7-5-12)18-16(19)15-9-8-14(10-17)20-15/h4-7,11,14-15H,3,8-10,17H2,1-2H3,(H,18,19). The highest BCUT2D eigenvalue weighted by Crippen LogP contribution is 2.22. The van der Waals surface area contributed by atoms with Crippen LogP contribution in [0.3, 0.4) is 0 Å². The Balaban J connectivity index is 1.91. The van der Waals surface area contributed by atoms with E-state index < -0.39 is 0 Å². The highest BCUT2D eigenvalue weighted by atomic mass is 16.5. The summed E-state index contributed by atoms with van der Waals surface area (Å²) in [7, 11) is 0. The van der Waals surface area contributed by atoms with Gasteiger partial charge in [-0.2, -0.15) is 0 Å². The number of carbonyl (C=O) groups excluding carboxylic acids is 1. The summed E-state index contributed by atoms with van der Waals surface area (Å²) in [6.45, 7) is 4.85. The molecule has 1 fully saturated rings. The average Bonchev–Trinajstić information content (AvgIpc) is 2.96. The van der Waals surface area contributed by atoms with E-state index in [-0.39, 0.29) is 18.1 Å². The van der Waals surface area contributed by atoms with E-state index in [9.17, 15) is 4.79 Å². The van der Waals surface area contributed by atoms with Gasteiger partial charge in [-0.25, -0.2) is 0 Å². The van der Waals surface area contributed by atoms with Crippen molar-refractivity contribution in [2.24, 2.45) is 5.73 Å². The van der Waals surface area contributed by atoms with Gasteiger partial charge in [-0.05, 0) is 42.9 Å². The molecule has 0 aromatic heterocycles. The van der Waals surface area contributed by atoms with Gasteiger partial charge in [-0.1, -0.05) is 26.0 Å². The quantitative estimate of drug-likeness (QED) is 0.869. The van der Waals surface area contributed by atoms with Gasteiger partial charge in [0.15, 0.2) is 0 Å². The van der Waals surface area contributed by atoms with Crippen molar-refractivity contribution in [2.75, 3.05) is 11.9 Å². The maximum absolute atomic E-state index is 12.1. The SMILES string of the molecule is CCC(C)c1ccc(NC(=O)C2CCC(CN)O2)cc1. The Bertz CT molecular complexity index is 444. The molecule has 4 heteroatoms. The lowest BCUT2D eigenvalue weighted by atomic mass is 9.98. The number of ether oxygens (including phenoxy) is 1. The number of hydrogen-bond donors (Lipinski definition) is 2. The predicted molar refractivity (Wildman–Crippen MR) is 80.7 cm³/mol. The Morgan fingerprint density at radius 2 is 2.10 bits per heavy atom. The zero-order valence-corrected chi connectivity index (χ0v) is 12.3. The lowest BCUT2D eigenvalue weighted by Gasteiger charge is -2.14. The van der Waals surface area contributed by atoms with Crippen LogP contribution in [0.2, 0.25) is 0 Å². The van der Waals surface area contributed by atoms with E-state index in [1.54, 1.807) is 0 Å². The Hall–Kier alpha value is -1.39. The van der Waals surface area contributed by atoms with E-state index in [0.717, 1.165) is 24.9 Å². The van der Waals surface area contributed by atoms with Crippen LogP contribution in [-0.2, 0) is 9.53 Å². The van der Waals surface area contributed by atoms with Gasteiger partial charge in [-0.15, -0.1) is 0 Å². The maximum Gasteiger partial charge on any atom is 0.253 e. The van der Waals surface area contributed by atoms with Crippen LogP contribution in [0, 0.1) is 0 Å². The Morgan fingerprint density at radius 1 is 1.40 bits per heavy atom. The van der Waals surface area contributed by atoms with Crippen LogP contribution >= 0.6 is 0 Å². The van der Waals surface area contributed by atoms with E-state index in [1.165, 1.54) is 5.56 Å². The molecule has 0 saturated carbocycles. The molecule has 1 saturated heterocycles. The third-order valence-corrected chi connectivity index (χ3v) is 4.02. The molecule has 3 N–H and O–H groups in total. The molecule has 20 heavy (non-hydrogen) atoms. The summed E-state index contributed by atoms with van der Waals surface area (Å²) in [5, 5.41) is 2.91. The van der Waals surface area contributed by atoms with Gasteiger partial charge in [0.05, 0.1) is 6.10 Å². The van der Waals surface area contributed by atoms with E-state index in [0.29, 0.717) is 12.5 Å². The molecule has 1 aromatic carbocycles. The van der Waals surface area contributed by atoms with Crippen molar-refractivity contribution in [1.29, 1.82) is 0 Å². The Morgan fingerprint density at radius 3 is 2.65 bits per heavy atom. The van der Waals surface area contributed by atoms with Gasteiger partial charge in [0.25, 0.3) is 5.91 Å². The van der Waals surface area contributed by atoms with Crippen molar-refractivity contribution in [3.8, 4) is 0 Å². The molecule has 1 aliphatic heterocycles. The summed E-state index contributed by atoms with van der Waals surface area (Å²) >= 11 is 0. The molecule has 0 spiro atoms. The topological polar surface area (TPSA) is 64.4 Å². The van der Waals surface area contributed by atoms with Crippen molar-refractivity contribution >= 4 is 11.6 Å². The molecule has 3 atom stereocenters. The van der Waals surface area contributed by atoms with Crippen LogP contribution in [0.5, 0.6) is 0 Å². The molecular weight excluding hydrogens is 252 g/mol. The number of rotatable bonds is 5. The molecule has 1 heterocycles. The van der Waals surface area contributed by atoms with Crippen LogP contribution in [0.4, 0.5) is 5.69 Å². The second-order valence-corrected chi connectivity index (χ2v) is 5.48. The molecular formula is C16H24N2O2. The summed E-state index contributed by atoms with van der Waals surface area (Å²) in [4.78, 5) is 12.1. The smallest absolute Gasteiger partial charge is 0.253 e. The molecule has 3 unspecified atom stereocenters. The fraction of sp³-hybridized carbons (Fsp3) is 0.562. The number of benzene rings is 1. The van der Waals surface area contributed by atoms with E-state index in [1.807, 2.05) is 12.1 Å². The summed E-state index contributed by atoms with van der Waals surface area (Å²) in [6.07, 6.45) is 2.39. The Kier molecular flexibility index (Phi) is 5.15. The molecule has 0 aliphatic carbocycles. The third kappa shape index (κ3) is 3.58. The molecule has 1 amide bonds. The summed E-state index contributed by atoms with van der Waals surface area (Å²) < 4.78 is 5.59. The molecule has 0 radical (unpaired) electrons. The van der Waals surface area contributed by atoms with Crippen LogP contribution in [0.1, 0.15) is 44.6 Å². The van der Waals surface area contributed by atoms with Gasteiger partial charge in [0, 0.05) is 12.2 Å². The molecule has 1 aliphatic rings. The molecule has 110 valence electrons. The second-order valence-electron chi connectivity index (χ2n) is 5.48. The van der Waals surface area contributed by atoms with Crippen LogP contribution in [0.15, 0.2) is 24.3 Å². The largest absolute Gasteiger partial charge is 0.364 e. The highest BCUT2D eigenvalue weighted by molar-refractivity contribution is 5.94. The van der Waals surface area contributed by atoms with E-state index in [2.05, 4.69) is 31.3 Å². The number of nitrogens with two attached hydrogens (primary N) is 1. The second kappa shape index (κ2) is 6.86. The summed E-state index contributed by atoms with van der Waals surface area (Å²) in [5.41, 5.74) is 7.67. The third-order valence-electron chi connectivity index (χ3n) is 4.02. The van der Waals surface area contributed by atoms with Gasteiger partial charge in [-0.3, -0.25) is 4.79 Å². The molecule has 1 aromatic rings. The Labute approximate surface area is 120 Å². The van der Waals surface area contributed by atoms with Gasteiger partial charge >= 0.3 is 0 Å². The summed E-state index contributed by atoms with van der Waals surface area (Å²) in [5.74, 6) is 0.473. The zero-order chi connectivity index (χ0) is 14.5. The van der Waals surface area contributed by atoms with Gasteiger partial charge in [0.2, 0.25) is 0 Å². The highest BCUT2D eigenvalue weighted by Gasteiger charge is 2.29. The number of hydrogen-bond acceptors (Lipinski definition) is 3. The van der Waals surface area contributed by atoms with Crippen molar-refractivity contribution < 1.29 is 9.53 Å². The first-order valence-electron chi connectivity index (χ1n) is 7.40. The van der Waals surface area contributed by atoms with Crippen molar-refractivity contribution in [1.82, 2.24) is 0 Å². The number of nitrogens with one attached hydrogen (secondary N) is 1. The first kappa shape index (κ1) is 15.0. The van der Waals surface area contributed by atoms with Crippen molar-refractivity contribution in [3.63, 3.8) is 0 Å². The molecule has 4 nitrogen and oxygen atoms in total. The zero-order valence-electron chi connectivity index (χ0n) is 12.3.